The average molecular weight is 656 g/mol. The Kier molecular flexibility index (Phi) is 7.94. The summed E-state index contributed by atoms with van der Waals surface area (Å²) >= 11 is 0. The second kappa shape index (κ2) is 12.5. The Bertz CT molecular complexity index is 2390. The number of nitrogens with one attached hydrogen (secondary N) is 1. The molecule has 0 bridgehead atoms. The summed E-state index contributed by atoms with van der Waals surface area (Å²) < 4.78 is 4.69. The first-order valence-corrected chi connectivity index (χ1v) is 18.0. The van der Waals surface area contributed by atoms with Gasteiger partial charge >= 0.3 is 0 Å². The van der Waals surface area contributed by atoms with E-state index in [9.17, 15) is 0 Å². The van der Waals surface area contributed by atoms with Gasteiger partial charge in [0, 0.05) is 51.2 Å². The van der Waals surface area contributed by atoms with Crippen LogP contribution in [0.1, 0.15) is 100 Å². The van der Waals surface area contributed by atoms with Crippen LogP contribution >= 0.6 is 0 Å². The van der Waals surface area contributed by atoms with Crippen molar-refractivity contribution in [1.82, 2.24) is 14.1 Å². The zero-order valence-corrected chi connectivity index (χ0v) is 30.1. The molecule has 5 nitrogen and oxygen atoms in total. The minimum Gasteiger partial charge on any atom is -0.339 e. The lowest BCUT2D eigenvalue weighted by Gasteiger charge is -2.27. The Labute approximate surface area is 295 Å². The molecule has 1 atom stereocenters. The van der Waals surface area contributed by atoms with Crippen LogP contribution in [0.3, 0.4) is 0 Å². The van der Waals surface area contributed by atoms with Gasteiger partial charge in [-0.1, -0.05) is 120 Å². The second-order valence-electron chi connectivity index (χ2n) is 14.6. The van der Waals surface area contributed by atoms with Gasteiger partial charge in [0.25, 0.3) is 0 Å². The molecule has 1 unspecified atom stereocenters. The summed E-state index contributed by atoms with van der Waals surface area (Å²) in [5, 5.41) is 6.20. The zero-order chi connectivity index (χ0) is 34.7. The molecule has 5 aromatic carbocycles. The third kappa shape index (κ3) is 5.24. The molecule has 1 aliphatic rings. The lowest BCUT2D eigenvalue weighted by atomic mass is 9.92. The molecule has 50 heavy (non-hydrogen) atoms. The first kappa shape index (κ1) is 31.8. The van der Waals surface area contributed by atoms with Crippen molar-refractivity contribution in [2.24, 2.45) is 4.99 Å². The minimum atomic E-state index is 0.0685. The molecule has 7 aromatic rings. The van der Waals surface area contributed by atoms with Gasteiger partial charge in [-0.15, -0.1) is 0 Å². The van der Waals surface area contributed by atoms with E-state index in [-0.39, 0.29) is 6.04 Å². The number of hydrogen-bond acceptors (Lipinski definition) is 3. The third-order valence-corrected chi connectivity index (χ3v) is 10.3. The maximum absolute atomic E-state index is 5.17. The fourth-order valence-corrected chi connectivity index (χ4v) is 7.79. The molecule has 2 aromatic heterocycles. The first-order chi connectivity index (χ1) is 24.2. The Hall–Kier alpha value is -5.42. The van der Waals surface area contributed by atoms with Gasteiger partial charge in [-0.25, -0.2) is 4.98 Å². The molecule has 250 valence electrons. The summed E-state index contributed by atoms with van der Waals surface area (Å²) in [4.78, 5) is 10.1. The number of aromatic nitrogens is 3. The summed E-state index contributed by atoms with van der Waals surface area (Å²) in [6, 6.07) is 37.7. The van der Waals surface area contributed by atoms with Crippen molar-refractivity contribution >= 4 is 33.3 Å². The molecule has 5 heteroatoms. The maximum atomic E-state index is 5.17. The summed E-state index contributed by atoms with van der Waals surface area (Å²) in [6.45, 7) is 15.8. The highest BCUT2D eigenvalue weighted by molar-refractivity contribution is 6.15. The molecule has 0 spiro atoms. The van der Waals surface area contributed by atoms with Gasteiger partial charge in [-0.2, -0.15) is 0 Å². The van der Waals surface area contributed by atoms with E-state index in [4.69, 9.17) is 9.98 Å². The van der Waals surface area contributed by atoms with Crippen LogP contribution in [0.25, 0.3) is 44.6 Å². The molecule has 1 N–H and O–H groups in total. The van der Waals surface area contributed by atoms with Gasteiger partial charge in [0.1, 0.15) is 11.7 Å². The smallest absolute Gasteiger partial charge is 0.144 e. The lowest BCUT2D eigenvalue weighted by Crippen LogP contribution is -2.22. The van der Waals surface area contributed by atoms with E-state index >= 15 is 0 Å². The number of hydrogen-bond donors (Lipinski definition) is 1. The van der Waals surface area contributed by atoms with Crippen LogP contribution < -0.4 is 5.32 Å². The number of fused-ring (bicyclic) bond motifs is 4. The van der Waals surface area contributed by atoms with Crippen LogP contribution in [0.2, 0.25) is 0 Å². The van der Waals surface area contributed by atoms with Crippen LogP contribution in [0.5, 0.6) is 0 Å². The number of benzene rings is 5. The number of nitrogens with zero attached hydrogens (tertiary/aromatic N) is 4. The molecule has 8 rings (SSSR count). The summed E-state index contributed by atoms with van der Waals surface area (Å²) in [7, 11) is 0. The Morgan fingerprint density at radius 2 is 1.32 bits per heavy atom. The van der Waals surface area contributed by atoms with Crippen molar-refractivity contribution in [2.45, 2.75) is 72.3 Å². The van der Waals surface area contributed by atoms with Crippen LogP contribution in [0.15, 0.2) is 121 Å². The Morgan fingerprint density at radius 3 is 2.08 bits per heavy atom. The van der Waals surface area contributed by atoms with E-state index in [1.165, 1.54) is 49.9 Å². The van der Waals surface area contributed by atoms with E-state index in [1.807, 2.05) is 6.20 Å². The van der Waals surface area contributed by atoms with Gasteiger partial charge in [-0.3, -0.25) is 9.56 Å². The topological polar surface area (TPSA) is 47.1 Å². The number of aliphatic imine (C=N–C) groups is 1. The van der Waals surface area contributed by atoms with E-state index < -0.39 is 0 Å². The van der Waals surface area contributed by atoms with Gasteiger partial charge < -0.3 is 9.88 Å². The molecule has 0 saturated carbocycles. The van der Waals surface area contributed by atoms with Gasteiger partial charge in [0.05, 0.1) is 22.8 Å². The van der Waals surface area contributed by atoms with Crippen LogP contribution in [-0.4, -0.2) is 20.0 Å². The summed E-state index contributed by atoms with van der Waals surface area (Å²) in [5.74, 6) is 3.03. The SMILES string of the molecule is CC(C)c1cccc2c1NC(c1ccc3c4ccccc4n(-c4cccc(-c5nccn5-c5c(C(C)C)cccc5C(C)C)c4)c3c1)=NC2C. The van der Waals surface area contributed by atoms with E-state index in [0.29, 0.717) is 17.8 Å². The fourth-order valence-electron chi connectivity index (χ4n) is 7.79. The van der Waals surface area contributed by atoms with Crippen LogP contribution in [-0.2, 0) is 0 Å². The molecule has 0 fully saturated rings. The first-order valence-electron chi connectivity index (χ1n) is 18.0. The third-order valence-electron chi connectivity index (χ3n) is 10.3. The highest BCUT2D eigenvalue weighted by Gasteiger charge is 2.24. The van der Waals surface area contributed by atoms with Crippen LogP contribution in [0.4, 0.5) is 5.69 Å². The van der Waals surface area contributed by atoms with Crippen LogP contribution in [0, 0.1) is 0 Å². The van der Waals surface area contributed by atoms with Crippen molar-refractivity contribution in [1.29, 1.82) is 0 Å². The summed E-state index contributed by atoms with van der Waals surface area (Å²) in [6.07, 6.45) is 4.04. The van der Waals surface area contributed by atoms with Crippen molar-refractivity contribution < 1.29 is 0 Å². The summed E-state index contributed by atoms with van der Waals surface area (Å²) in [5.41, 5.74) is 13.3. The van der Waals surface area contributed by atoms with Gasteiger partial charge in [0.15, 0.2) is 0 Å². The predicted molar refractivity (Wildman–Crippen MR) is 211 cm³/mol. The molecule has 1 aliphatic heterocycles. The van der Waals surface area contributed by atoms with Crippen molar-refractivity contribution in [3.8, 4) is 22.8 Å². The highest BCUT2D eigenvalue weighted by Crippen LogP contribution is 2.39. The van der Waals surface area contributed by atoms with Crippen molar-refractivity contribution in [3.05, 3.63) is 143 Å². The normalized spacial score (nSPS) is 14.5. The molecule has 3 heterocycles. The van der Waals surface area contributed by atoms with E-state index in [1.54, 1.807) is 0 Å². The van der Waals surface area contributed by atoms with E-state index in [2.05, 4.69) is 172 Å². The number of imidazole rings is 1. The lowest BCUT2D eigenvalue weighted by molar-refractivity contribution is 0.798. The Morgan fingerprint density at radius 1 is 0.640 bits per heavy atom. The number of anilines is 1. The molecule has 0 aliphatic carbocycles. The zero-order valence-electron chi connectivity index (χ0n) is 30.1. The molecular formula is C45H45N5. The predicted octanol–water partition coefficient (Wildman–Crippen LogP) is 11.9. The van der Waals surface area contributed by atoms with E-state index in [0.717, 1.165) is 34.0 Å². The highest BCUT2D eigenvalue weighted by atomic mass is 15.1. The monoisotopic (exact) mass is 655 g/mol. The van der Waals surface area contributed by atoms with Crippen molar-refractivity contribution in [3.63, 3.8) is 0 Å². The maximum Gasteiger partial charge on any atom is 0.144 e. The Balaban J connectivity index is 1.28. The minimum absolute atomic E-state index is 0.0685. The van der Waals surface area contributed by atoms with Gasteiger partial charge in [-0.05, 0) is 65.6 Å². The van der Waals surface area contributed by atoms with Crippen molar-refractivity contribution in [2.75, 3.05) is 5.32 Å². The quantitative estimate of drug-likeness (QED) is 0.186. The molecular weight excluding hydrogens is 611 g/mol. The van der Waals surface area contributed by atoms with Gasteiger partial charge in [0.2, 0.25) is 0 Å². The second-order valence-corrected chi connectivity index (χ2v) is 14.6. The number of para-hydroxylation sites is 3. The standard InChI is InChI=1S/C45H45N5/c1-27(2)34-16-11-19-37-30(7)47-44(48-42(34)37)31-21-22-39-38-15-8-9-20-40(38)50(41(39)26-31)33-14-10-13-32(25-33)45-46-23-24-49(45)43-35(28(3)4)17-12-18-36(43)29(5)6/h8-30H,1-7H3,(H,47,48). The largest absolute Gasteiger partial charge is 0.339 e. The fraction of sp³-hybridized carbons (Fsp3) is 0.244. The molecule has 0 saturated heterocycles. The number of amidine groups is 1. The molecule has 0 amide bonds. The average Bonchev–Trinajstić information content (AvgIpc) is 3.74. The number of rotatable bonds is 7. The molecule has 0 radical (unpaired) electrons.